The highest BCUT2D eigenvalue weighted by Crippen LogP contribution is 2.20. The van der Waals surface area contributed by atoms with Gasteiger partial charge in [0, 0.05) is 39.1 Å². The quantitative estimate of drug-likeness (QED) is 0.894. The zero-order valence-electron chi connectivity index (χ0n) is 13.9. The summed E-state index contributed by atoms with van der Waals surface area (Å²) in [6, 6.07) is 11.0. The van der Waals surface area contributed by atoms with Crippen molar-refractivity contribution in [3.63, 3.8) is 0 Å². The molecule has 2 fully saturated rings. The molecule has 0 aromatic heterocycles. The minimum absolute atomic E-state index is 0. The summed E-state index contributed by atoms with van der Waals surface area (Å²) in [5, 5.41) is 3.34. The highest BCUT2D eigenvalue weighted by atomic mass is 35.5. The van der Waals surface area contributed by atoms with Crippen molar-refractivity contribution < 1.29 is 4.79 Å². The molecule has 2 aliphatic rings. The molecular formula is C18H28ClN3O. The molecular weight excluding hydrogens is 310 g/mol. The van der Waals surface area contributed by atoms with Crippen LogP contribution in [0.4, 0.5) is 0 Å². The fourth-order valence-corrected chi connectivity index (χ4v) is 3.60. The zero-order valence-corrected chi connectivity index (χ0v) is 14.7. The van der Waals surface area contributed by atoms with Crippen LogP contribution in [-0.2, 0) is 11.3 Å². The van der Waals surface area contributed by atoms with Gasteiger partial charge >= 0.3 is 0 Å². The van der Waals surface area contributed by atoms with Gasteiger partial charge in [0.05, 0.1) is 0 Å². The summed E-state index contributed by atoms with van der Waals surface area (Å²) in [6.07, 6.45) is 2.95. The second kappa shape index (κ2) is 8.67. The van der Waals surface area contributed by atoms with Crippen LogP contribution in [0.2, 0.25) is 0 Å². The number of nitrogens with zero attached hydrogens (tertiary/aromatic N) is 2. The van der Waals surface area contributed by atoms with Gasteiger partial charge in [0.15, 0.2) is 0 Å². The number of halogens is 1. The maximum Gasteiger partial charge on any atom is 0.222 e. The predicted molar refractivity (Wildman–Crippen MR) is 95.7 cm³/mol. The third-order valence-corrected chi connectivity index (χ3v) is 5.06. The second-order valence-corrected chi connectivity index (χ2v) is 6.73. The van der Waals surface area contributed by atoms with Crippen LogP contribution in [-0.4, -0.2) is 55.0 Å². The number of benzene rings is 1. The Bertz CT molecular complexity index is 490. The van der Waals surface area contributed by atoms with Crippen molar-refractivity contribution >= 4 is 18.3 Å². The summed E-state index contributed by atoms with van der Waals surface area (Å²) in [5.74, 6) is 0.858. The molecule has 0 bridgehead atoms. The predicted octanol–water partition coefficient (Wildman–Crippen LogP) is 2.14. The van der Waals surface area contributed by atoms with Gasteiger partial charge in [-0.3, -0.25) is 9.69 Å². The Kier molecular flexibility index (Phi) is 6.88. The molecule has 2 atom stereocenters. The molecule has 128 valence electrons. The molecule has 0 radical (unpaired) electrons. The van der Waals surface area contributed by atoms with E-state index in [0.717, 1.165) is 45.6 Å². The van der Waals surface area contributed by atoms with Gasteiger partial charge in [-0.1, -0.05) is 30.3 Å². The fraction of sp³-hybridized carbons (Fsp3) is 0.611. The fourth-order valence-electron chi connectivity index (χ4n) is 3.60. The molecule has 3 rings (SSSR count). The van der Waals surface area contributed by atoms with E-state index in [4.69, 9.17) is 0 Å². The Morgan fingerprint density at radius 1 is 1.30 bits per heavy atom. The molecule has 1 aromatic carbocycles. The molecule has 0 spiro atoms. The van der Waals surface area contributed by atoms with E-state index in [0.29, 0.717) is 24.3 Å². The Morgan fingerprint density at radius 3 is 2.78 bits per heavy atom. The van der Waals surface area contributed by atoms with E-state index in [-0.39, 0.29) is 12.4 Å². The molecule has 2 aliphatic heterocycles. The van der Waals surface area contributed by atoms with E-state index in [9.17, 15) is 4.79 Å². The Labute approximate surface area is 145 Å². The summed E-state index contributed by atoms with van der Waals surface area (Å²) in [6.45, 7) is 5.15. The zero-order chi connectivity index (χ0) is 15.4. The molecule has 2 saturated heterocycles. The Morgan fingerprint density at radius 2 is 2.09 bits per heavy atom. The van der Waals surface area contributed by atoms with Crippen LogP contribution in [0.3, 0.4) is 0 Å². The Hall–Kier alpha value is -1.10. The topological polar surface area (TPSA) is 35.6 Å². The van der Waals surface area contributed by atoms with Gasteiger partial charge in [0.2, 0.25) is 5.91 Å². The average molecular weight is 338 g/mol. The number of hydrogen-bond acceptors (Lipinski definition) is 3. The molecule has 4 nitrogen and oxygen atoms in total. The van der Waals surface area contributed by atoms with Crippen LogP contribution in [0.5, 0.6) is 0 Å². The molecule has 1 N–H and O–H groups in total. The van der Waals surface area contributed by atoms with Crippen molar-refractivity contribution in [2.75, 3.05) is 33.2 Å². The van der Waals surface area contributed by atoms with E-state index < -0.39 is 0 Å². The number of carbonyl (C=O) groups is 1. The van der Waals surface area contributed by atoms with Crippen LogP contribution >= 0.6 is 12.4 Å². The SMILES string of the molecule is CN(C(=O)CC1CCNC1)C1CCN(Cc2ccccc2)C1.Cl. The number of amides is 1. The van der Waals surface area contributed by atoms with Gasteiger partial charge in [-0.05, 0) is 37.4 Å². The molecule has 1 aromatic rings. The van der Waals surface area contributed by atoms with Crippen molar-refractivity contribution in [1.82, 2.24) is 15.1 Å². The number of rotatable bonds is 5. The maximum absolute atomic E-state index is 12.4. The summed E-state index contributed by atoms with van der Waals surface area (Å²) < 4.78 is 0. The van der Waals surface area contributed by atoms with Crippen LogP contribution in [0, 0.1) is 5.92 Å². The van der Waals surface area contributed by atoms with Gasteiger partial charge in [0.25, 0.3) is 0 Å². The number of likely N-dealkylation sites (tertiary alicyclic amines) is 1. The van der Waals surface area contributed by atoms with Crippen LogP contribution in [0.15, 0.2) is 30.3 Å². The third kappa shape index (κ3) is 4.93. The summed E-state index contributed by atoms with van der Waals surface area (Å²) in [4.78, 5) is 16.9. The highest BCUT2D eigenvalue weighted by Gasteiger charge is 2.29. The largest absolute Gasteiger partial charge is 0.341 e. The molecule has 0 saturated carbocycles. The molecule has 0 aliphatic carbocycles. The maximum atomic E-state index is 12.4. The van der Waals surface area contributed by atoms with Gasteiger partial charge in [-0.15, -0.1) is 12.4 Å². The van der Waals surface area contributed by atoms with Crippen molar-refractivity contribution in [2.24, 2.45) is 5.92 Å². The first-order valence-electron chi connectivity index (χ1n) is 8.45. The second-order valence-electron chi connectivity index (χ2n) is 6.73. The first-order chi connectivity index (χ1) is 10.7. The minimum atomic E-state index is 0. The lowest BCUT2D eigenvalue weighted by Crippen LogP contribution is -2.39. The van der Waals surface area contributed by atoms with E-state index in [1.54, 1.807) is 0 Å². The third-order valence-electron chi connectivity index (χ3n) is 5.06. The molecule has 23 heavy (non-hydrogen) atoms. The van der Waals surface area contributed by atoms with E-state index >= 15 is 0 Å². The van der Waals surface area contributed by atoms with E-state index in [1.807, 2.05) is 11.9 Å². The number of hydrogen-bond donors (Lipinski definition) is 1. The number of nitrogens with one attached hydrogen (secondary N) is 1. The lowest BCUT2D eigenvalue weighted by molar-refractivity contribution is -0.132. The summed E-state index contributed by atoms with van der Waals surface area (Å²) in [7, 11) is 1.99. The van der Waals surface area contributed by atoms with Gasteiger partial charge in [0.1, 0.15) is 0 Å². The lowest BCUT2D eigenvalue weighted by atomic mass is 10.0. The van der Waals surface area contributed by atoms with Crippen LogP contribution in [0.1, 0.15) is 24.8 Å². The highest BCUT2D eigenvalue weighted by molar-refractivity contribution is 5.85. The number of carbonyl (C=O) groups excluding carboxylic acids is 1. The molecule has 1 amide bonds. The first-order valence-corrected chi connectivity index (χ1v) is 8.45. The minimum Gasteiger partial charge on any atom is -0.341 e. The van der Waals surface area contributed by atoms with E-state index in [2.05, 4.69) is 40.5 Å². The van der Waals surface area contributed by atoms with Crippen molar-refractivity contribution in [2.45, 2.75) is 31.8 Å². The van der Waals surface area contributed by atoms with Gasteiger partial charge in [-0.2, -0.15) is 0 Å². The first kappa shape index (κ1) is 18.2. The van der Waals surface area contributed by atoms with Crippen LogP contribution in [0.25, 0.3) is 0 Å². The standard InChI is InChI=1S/C18H27N3O.ClH/c1-20(18(22)11-16-7-9-19-12-16)17-8-10-21(14-17)13-15-5-3-2-4-6-15;/h2-6,16-17,19H,7-14H2,1H3;1H. The monoisotopic (exact) mass is 337 g/mol. The lowest BCUT2D eigenvalue weighted by Gasteiger charge is -2.26. The van der Waals surface area contributed by atoms with Gasteiger partial charge < -0.3 is 10.2 Å². The van der Waals surface area contributed by atoms with Crippen molar-refractivity contribution in [3.8, 4) is 0 Å². The average Bonchev–Trinajstić information content (AvgIpc) is 3.19. The smallest absolute Gasteiger partial charge is 0.222 e. The summed E-state index contributed by atoms with van der Waals surface area (Å²) in [5.41, 5.74) is 1.36. The normalized spacial score (nSPS) is 24.4. The van der Waals surface area contributed by atoms with Crippen molar-refractivity contribution in [3.05, 3.63) is 35.9 Å². The van der Waals surface area contributed by atoms with Crippen molar-refractivity contribution in [1.29, 1.82) is 0 Å². The van der Waals surface area contributed by atoms with Gasteiger partial charge in [-0.25, -0.2) is 0 Å². The number of likely N-dealkylation sites (N-methyl/N-ethyl adjacent to an activating group) is 1. The summed E-state index contributed by atoms with van der Waals surface area (Å²) >= 11 is 0. The molecule has 5 heteroatoms. The Balaban J connectivity index is 0.00000192. The van der Waals surface area contributed by atoms with Crippen LogP contribution < -0.4 is 5.32 Å². The van der Waals surface area contributed by atoms with E-state index in [1.165, 1.54) is 5.56 Å². The molecule has 2 unspecified atom stereocenters. The molecule has 2 heterocycles.